The van der Waals surface area contributed by atoms with Crippen LogP contribution in [0.15, 0.2) is 0 Å². The number of hydrogen-bond acceptors (Lipinski definition) is 3. The second-order valence-electron chi connectivity index (χ2n) is 2.56. The molecule has 1 fully saturated rings. The summed E-state index contributed by atoms with van der Waals surface area (Å²) in [7, 11) is 0. The molecule has 1 radical (unpaired) electrons. The van der Waals surface area contributed by atoms with Gasteiger partial charge in [0.25, 0.3) is 0 Å². The summed E-state index contributed by atoms with van der Waals surface area (Å²) >= 11 is 0. The molecule has 0 aromatic heterocycles. The molecule has 1 rings (SSSR count). The van der Waals surface area contributed by atoms with Crippen LogP contribution in [-0.4, -0.2) is 54.7 Å². The summed E-state index contributed by atoms with van der Waals surface area (Å²) in [5, 5.41) is 3.20. The summed E-state index contributed by atoms with van der Waals surface area (Å²) in [6.45, 7) is 3.40. The zero-order valence-electron chi connectivity index (χ0n) is 7.22. The molecule has 1 aliphatic heterocycles. The summed E-state index contributed by atoms with van der Waals surface area (Å²) < 4.78 is 5.01. The third-order valence-corrected chi connectivity index (χ3v) is 1.62. The quantitative estimate of drug-likeness (QED) is 0.437. The van der Waals surface area contributed by atoms with E-state index in [1.807, 2.05) is 0 Å². The molecule has 0 saturated carbocycles. The summed E-state index contributed by atoms with van der Waals surface area (Å²) in [4.78, 5) is 10.5. The molecule has 0 aromatic carbocycles. The third-order valence-electron chi connectivity index (χ3n) is 1.62. The Balaban J connectivity index is 0.000001000. The summed E-state index contributed by atoms with van der Waals surface area (Å²) in [5.74, 6) is -0.160. The molecule has 0 aromatic rings. The molecule has 0 spiro atoms. The smallest absolute Gasteiger partial charge is 0.302 e. The molecule has 0 amide bonds. The van der Waals surface area contributed by atoms with Crippen molar-refractivity contribution in [1.29, 1.82) is 0 Å². The van der Waals surface area contributed by atoms with E-state index in [0.29, 0.717) is 0 Å². The van der Waals surface area contributed by atoms with Gasteiger partial charge in [0.2, 0.25) is 0 Å². The average Bonchev–Trinajstić information content (AvgIpc) is 1.88. The predicted molar refractivity (Wildman–Crippen MR) is 43.4 cm³/mol. The van der Waals surface area contributed by atoms with E-state index in [2.05, 4.69) is 5.32 Å². The van der Waals surface area contributed by atoms with Gasteiger partial charge in [0.1, 0.15) is 6.10 Å². The van der Waals surface area contributed by atoms with Gasteiger partial charge in [0, 0.05) is 36.5 Å². The van der Waals surface area contributed by atoms with E-state index >= 15 is 0 Å². The molecule has 11 heavy (non-hydrogen) atoms. The molecule has 1 saturated heterocycles. The first-order valence-corrected chi connectivity index (χ1v) is 3.67. The van der Waals surface area contributed by atoms with Crippen molar-refractivity contribution in [3.63, 3.8) is 0 Å². The zero-order chi connectivity index (χ0) is 7.40. The fraction of sp³-hybridized carbons (Fsp3) is 0.857. The topological polar surface area (TPSA) is 38.3 Å². The Morgan fingerprint density at radius 3 is 2.45 bits per heavy atom. The number of esters is 1. The number of carbonyl (C=O) groups is 1. The first-order valence-electron chi connectivity index (χ1n) is 3.67. The van der Waals surface area contributed by atoms with Gasteiger partial charge in [-0.1, -0.05) is 0 Å². The van der Waals surface area contributed by atoms with Crippen LogP contribution in [0.1, 0.15) is 19.8 Å². The fourth-order valence-electron chi connectivity index (χ4n) is 1.15. The van der Waals surface area contributed by atoms with Crippen molar-refractivity contribution < 1.29 is 9.53 Å². The van der Waals surface area contributed by atoms with Crippen molar-refractivity contribution in [2.75, 3.05) is 13.1 Å². The Morgan fingerprint density at radius 1 is 1.45 bits per heavy atom. The molecular weight excluding hydrogens is 153 g/mol. The normalized spacial score (nSPS) is 18.6. The Bertz CT molecular complexity index is 124. The van der Waals surface area contributed by atoms with Crippen molar-refractivity contribution in [3.05, 3.63) is 0 Å². The van der Waals surface area contributed by atoms with E-state index in [-0.39, 0.29) is 41.6 Å². The van der Waals surface area contributed by atoms with E-state index in [1.165, 1.54) is 6.92 Å². The molecule has 0 aliphatic carbocycles. The predicted octanol–water partition coefficient (Wildman–Crippen LogP) is -0.0793. The molecule has 0 atom stereocenters. The van der Waals surface area contributed by atoms with Crippen LogP contribution in [0.5, 0.6) is 0 Å². The molecule has 4 heteroatoms. The molecule has 0 unspecified atom stereocenters. The molecule has 1 aliphatic rings. The van der Waals surface area contributed by atoms with E-state index < -0.39 is 0 Å². The van der Waals surface area contributed by atoms with E-state index in [9.17, 15) is 4.79 Å². The summed E-state index contributed by atoms with van der Waals surface area (Å²) in [6.07, 6.45) is 2.08. The minimum atomic E-state index is -0.160. The number of piperidine rings is 1. The number of hydrogen-bond donors (Lipinski definition) is 1. The number of ether oxygens (including phenoxy) is 1. The van der Waals surface area contributed by atoms with Crippen LogP contribution >= 0.6 is 0 Å². The maximum Gasteiger partial charge on any atom is 0.302 e. The zero-order valence-corrected chi connectivity index (χ0v) is 9.22. The van der Waals surface area contributed by atoms with Crippen molar-refractivity contribution >= 4 is 35.5 Å². The number of nitrogens with one attached hydrogen (secondary N) is 1. The van der Waals surface area contributed by atoms with E-state index in [0.717, 1.165) is 25.9 Å². The van der Waals surface area contributed by atoms with Gasteiger partial charge in [0.05, 0.1) is 0 Å². The monoisotopic (exact) mass is 166 g/mol. The standard InChI is InChI=1S/C7H13NO2.Na/c1-6(9)10-7-2-4-8-5-3-7;/h7-8H,2-5H2,1H3;. The van der Waals surface area contributed by atoms with Gasteiger partial charge in [-0.25, -0.2) is 0 Å². The van der Waals surface area contributed by atoms with Crippen molar-refractivity contribution in [3.8, 4) is 0 Å². The Hall–Kier alpha value is 0.430. The number of carbonyl (C=O) groups excluding carboxylic acids is 1. The largest absolute Gasteiger partial charge is 0.462 e. The van der Waals surface area contributed by atoms with Crippen LogP contribution in [0.25, 0.3) is 0 Å². The molecule has 1 N–H and O–H groups in total. The van der Waals surface area contributed by atoms with Crippen LogP contribution in [0.4, 0.5) is 0 Å². The van der Waals surface area contributed by atoms with Gasteiger partial charge in [-0.3, -0.25) is 4.79 Å². The number of rotatable bonds is 1. The Morgan fingerprint density at radius 2 is 2.00 bits per heavy atom. The second-order valence-corrected chi connectivity index (χ2v) is 2.56. The fourth-order valence-corrected chi connectivity index (χ4v) is 1.15. The van der Waals surface area contributed by atoms with Crippen molar-refractivity contribution in [2.45, 2.75) is 25.9 Å². The summed E-state index contributed by atoms with van der Waals surface area (Å²) in [5.41, 5.74) is 0. The van der Waals surface area contributed by atoms with Crippen LogP contribution < -0.4 is 5.32 Å². The van der Waals surface area contributed by atoms with E-state index in [4.69, 9.17) is 4.74 Å². The van der Waals surface area contributed by atoms with E-state index in [1.54, 1.807) is 0 Å². The van der Waals surface area contributed by atoms with Crippen LogP contribution in [0.3, 0.4) is 0 Å². The summed E-state index contributed by atoms with van der Waals surface area (Å²) in [6, 6.07) is 0. The van der Waals surface area contributed by atoms with Crippen LogP contribution in [-0.2, 0) is 9.53 Å². The molecule has 1 heterocycles. The van der Waals surface area contributed by atoms with Crippen LogP contribution in [0.2, 0.25) is 0 Å². The molecule has 59 valence electrons. The minimum absolute atomic E-state index is 0. The molecule has 3 nitrogen and oxygen atoms in total. The Labute approximate surface area is 89.2 Å². The van der Waals surface area contributed by atoms with Gasteiger partial charge < -0.3 is 10.1 Å². The molecular formula is C7H13NNaO2. The van der Waals surface area contributed by atoms with Gasteiger partial charge in [0.15, 0.2) is 0 Å². The van der Waals surface area contributed by atoms with Gasteiger partial charge in [-0.2, -0.15) is 0 Å². The third kappa shape index (κ3) is 4.80. The van der Waals surface area contributed by atoms with Crippen molar-refractivity contribution in [2.24, 2.45) is 0 Å². The van der Waals surface area contributed by atoms with Gasteiger partial charge in [-0.15, -0.1) is 0 Å². The second kappa shape index (κ2) is 6.00. The van der Waals surface area contributed by atoms with Crippen LogP contribution in [0, 0.1) is 0 Å². The maximum absolute atomic E-state index is 10.5. The first-order chi connectivity index (χ1) is 4.79. The average molecular weight is 166 g/mol. The van der Waals surface area contributed by atoms with Gasteiger partial charge in [-0.05, 0) is 25.9 Å². The SMILES string of the molecule is CC(=O)OC1CCNCC1.[Na]. The maximum atomic E-state index is 10.5. The first kappa shape index (κ1) is 11.4. The molecule has 0 bridgehead atoms. The Kier molecular flexibility index (Phi) is 6.24. The van der Waals surface area contributed by atoms with Gasteiger partial charge >= 0.3 is 5.97 Å². The van der Waals surface area contributed by atoms with Crippen molar-refractivity contribution in [1.82, 2.24) is 5.32 Å². The minimum Gasteiger partial charge on any atom is -0.462 e.